The summed E-state index contributed by atoms with van der Waals surface area (Å²) < 4.78 is 27.5. The Morgan fingerprint density at radius 3 is 2.19 bits per heavy atom. The lowest BCUT2D eigenvalue weighted by Crippen LogP contribution is -2.26. The lowest BCUT2D eigenvalue weighted by atomic mass is 10.1. The van der Waals surface area contributed by atoms with E-state index in [-0.39, 0.29) is 0 Å². The molecule has 0 aliphatic carbocycles. The zero-order valence-electron chi connectivity index (χ0n) is 12.7. The molecular formula is C17H21NO2S. The van der Waals surface area contributed by atoms with Gasteiger partial charge in [-0.25, -0.2) is 13.1 Å². The number of aryl methyl sites for hydroxylation is 3. The molecule has 0 amide bonds. The minimum atomic E-state index is -3.45. The lowest BCUT2D eigenvalue weighted by molar-refractivity contribution is 0.581. The fourth-order valence-electron chi connectivity index (χ4n) is 2.28. The zero-order valence-corrected chi connectivity index (χ0v) is 13.5. The van der Waals surface area contributed by atoms with Gasteiger partial charge in [0.05, 0.1) is 4.90 Å². The summed E-state index contributed by atoms with van der Waals surface area (Å²) in [5.74, 6) is 0. The normalized spacial score (nSPS) is 11.6. The van der Waals surface area contributed by atoms with Gasteiger partial charge in [0.25, 0.3) is 0 Å². The second kappa shape index (κ2) is 6.41. The second-order valence-electron chi connectivity index (χ2n) is 5.34. The molecule has 0 aliphatic heterocycles. The molecule has 0 spiro atoms. The molecular weight excluding hydrogens is 282 g/mol. The van der Waals surface area contributed by atoms with Gasteiger partial charge in [-0.2, -0.15) is 0 Å². The Bertz CT molecular complexity index is 722. The minimum Gasteiger partial charge on any atom is -0.211 e. The van der Waals surface area contributed by atoms with Crippen molar-refractivity contribution in [1.29, 1.82) is 0 Å². The molecule has 112 valence electrons. The maximum atomic E-state index is 12.4. The zero-order chi connectivity index (χ0) is 15.5. The van der Waals surface area contributed by atoms with Crippen LogP contribution in [0.25, 0.3) is 0 Å². The van der Waals surface area contributed by atoms with Crippen LogP contribution in [-0.4, -0.2) is 15.0 Å². The summed E-state index contributed by atoms with van der Waals surface area (Å²) in [5.41, 5.74) is 4.00. The van der Waals surface area contributed by atoms with E-state index in [9.17, 15) is 8.42 Å². The molecule has 0 fully saturated rings. The van der Waals surface area contributed by atoms with Crippen molar-refractivity contribution in [3.8, 4) is 0 Å². The molecule has 1 N–H and O–H groups in total. The van der Waals surface area contributed by atoms with Crippen molar-refractivity contribution in [2.75, 3.05) is 6.54 Å². The van der Waals surface area contributed by atoms with Gasteiger partial charge in [0, 0.05) is 6.54 Å². The Morgan fingerprint density at radius 2 is 1.52 bits per heavy atom. The molecule has 0 heterocycles. The third-order valence-corrected chi connectivity index (χ3v) is 5.23. The number of benzene rings is 2. The van der Waals surface area contributed by atoms with Crippen molar-refractivity contribution < 1.29 is 8.42 Å². The highest BCUT2D eigenvalue weighted by Gasteiger charge is 2.17. The predicted molar refractivity (Wildman–Crippen MR) is 86.0 cm³/mol. The third-order valence-electron chi connectivity index (χ3n) is 3.63. The fourth-order valence-corrected chi connectivity index (χ4v) is 3.62. The topological polar surface area (TPSA) is 46.2 Å². The fraction of sp³-hybridized carbons (Fsp3) is 0.294. The van der Waals surface area contributed by atoms with Crippen molar-refractivity contribution in [3.05, 3.63) is 64.7 Å². The number of hydrogen-bond donors (Lipinski definition) is 1. The van der Waals surface area contributed by atoms with Crippen LogP contribution in [0, 0.1) is 20.8 Å². The lowest BCUT2D eigenvalue weighted by Gasteiger charge is -2.12. The summed E-state index contributed by atoms with van der Waals surface area (Å²) in [5, 5.41) is 0. The van der Waals surface area contributed by atoms with Gasteiger partial charge in [-0.3, -0.25) is 0 Å². The van der Waals surface area contributed by atoms with Crippen molar-refractivity contribution in [3.63, 3.8) is 0 Å². The van der Waals surface area contributed by atoms with Crippen LogP contribution in [-0.2, 0) is 16.4 Å². The molecule has 2 rings (SSSR count). The summed E-state index contributed by atoms with van der Waals surface area (Å²) in [7, 11) is -3.45. The van der Waals surface area contributed by atoms with Gasteiger partial charge in [-0.15, -0.1) is 0 Å². The Morgan fingerprint density at radius 1 is 0.905 bits per heavy atom. The van der Waals surface area contributed by atoms with E-state index in [1.54, 1.807) is 6.07 Å². The maximum Gasteiger partial charge on any atom is 0.240 e. The number of nitrogens with one attached hydrogen (secondary N) is 1. The van der Waals surface area contributed by atoms with Gasteiger partial charge in [-0.05, 0) is 55.5 Å². The van der Waals surface area contributed by atoms with E-state index in [0.29, 0.717) is 17.9 Å². The maximum absolute atomic E-state index is 12.4. The van der Waals surface area contributed by atoms with Crippen molar-refractivity contribution in [2.45, 2.75) is 32.1 Å². The van der Waals surface area contributed by atoms with Crippen LogP contribution in [0.3, 0.4) is 0 Å². The quantitative estimate of drug-likeness (QED) is 0.922. The largest absolute Gasteiger partial charge is 0.240 e. The first-order valence-corrected chi connectivity index (χ1v) is 8.50. The highest BCUT2D eigenvalue weighted by atomic mass is 32.2. The van der Waals surface area contributed by atoms with E-state index >= 15 is 0 Å². The molecule has 0 radical (unpaired) electrons. The van der Waals surface area contributed by atoms with E-state index in [2.05, 4.69) is 4.72 Å². The highest BCUT2D eigenvalue weighted by molar-refractivity contribution is 7.89. The summed E-state index contributed by atoms with van der Waals surface area (Å²) in [6, 6.07) is 13.5. The number of rotatable bonds is 5. The summed E-state index contributed by atoms with van der Waals surface area (Å²) in [6.45, 7) is 6.15. The second-order valence-corrected chi connectivity index (χ2v) is 7.07. The Balaban J connectivity index is 2.10. The molecule has 2 aromatic carbocycles. The highest BCUT2D eigenvalue weighted by Crippen LogP contribution is 2.19. The molecule has 3 nitrogen and oxygen atoms in total. The van der Waals surface area contributed by atoms with Crippen LogP contribution in [0.15, 0.2) is 47.4 Å². The van der Waals surface area contributed by atoms with E-state index in [0.717, 1.165) is 22.3 Å². The summed E-state index contributed by atoms with van der Waals surface area (Å²) >= 11 is 0. The summed E-state index contributed by atoms with van der Waals surface area (Å²) in [4.78, 5) is 0.374. The van der Waals surface area contributed by atoms with E-state index in [1.165, 1.54) is 0 Å². The SMILES string of the molecule is Cc1cc(C)c(S(=O)(=O)NCCc2ccccc2)cc1C. The molecule has 0 atom stereocenters. The van der Waals surface area contributed by atoms with Crippen LogP contribution in [0.4, 0.5) is 0 Å². The molecule has 0 bridgehead atoms. The van der Waals surface area contributed by atoms with E-state index in [4.69, 9.17) is 0 Å². The molecule has 4 heteroatoms. The molecule has 0 aromatic heterocycles. The first kappa shape index (κ1) is 15.7. The monoisotopic (exact) mass is 303 g/mol. The van der Waals surface area contributed by atoms with Crippen LogP contribution in [0.1, 0.15) is 22.3 Å². The van der Waals surface area contributed by atoms with Crippen LogP contribution >= 0.6 is 0 Å². The predicted octanol–water partition coefficient (Wildman–Crippen LogP) is 3.13. The Kier molecular flexibility index (Phi) is 4.80. The first-order chi connectivity index (χ1) is 9.90. The Hall–Kier alpha value is -1.65. The van der Waals surface area contributed by atoms with Crippen LogP contribution in [0.2, 0.25) is 0 Å². The van der Waals surface area contributed by atoms with E-state index in [1.807, 2.05) is 57.2 Å². The standard InChI is InChI=1S/C17H21NO2S/c1-13-11-15(3)17(12-14(13)2)21(19,20)18-10-9-16-7-5-4-6-8-16/h4-8,11-12,18H,9-10H2,1-3H3. The third kappa shape index (κ3) is 3.93. The van der Waals surface area contributed by atoms with Gasteiger partial charge in [0.15, 0.2) is 0 Å². The number of hydrogen-bond acceptors (Lipinski definition) is 2. The van der Waals surface area contributed by atoms with Gasteiger partial charge >= 0.3 is 0 Å². The van der Waals surface area contributed by atoms with Gasteiger partial charge < -0.3 is 0 Å². The minimum absolute atomic E-state index is 0.374. The van der Waals surface area contributed by atoms with E-state index < -0.39 is 10.0 Å². The molecule has 0 unspecified atom stereocenters. The van der Waals surface area contributed by atoms with Crippen molar-refractivity contribution >= 4 is 10.0 Å². The molecule has 21 heavy (non-hydrogen) atoms. The van der Waals surface area contributed by atoms with Crippen LogP contribution < -0.4 is 4.72 Å². The average Bonchev–Trinajstić information content (AvgIpc) is 2.43. The van der Waals surface area contributed by atoms with Gasteiger partial charge in [-0.1, -0.05) is 36.4 Å². The summed E-state index contributed by atoms with van der Waals surface area (Å²) in [6.07, 6.45) is 0.684. The molecule has 2 aromatic rings. The van der Waals surface area contributed by atoms with Crippen LogP contribution in [0.5, 0.6) is 0 Å². The van der Waals surface area contributed by atoms with Crippen molar-refractivity contribution in [2.24, 2.45) is 0 Å². The van der Waals surface area contributed by atoms with Crippen molar-refractivity contribution in [1.82, 2.24) is 4.72 Å². The first-order valence-electron chi connectivity index (χ1n) is 7.01. The smallest absolute Gasteiger partial charge is 0.211 e. The average molecular weight is 303 g/mol. The van der Waals surface area contributed by atoms with Gasteiger partial charge in [0.1, 0.15) is 0 Å². The number of sulfonamides is 1. The molecule has 0 saturated heterocycles. The molecule has 0 saturated carbocycles. The molecule has 0 aliphatic rings. The van der Waals surface area contributed by atoms with Gasteiger partial charge in [0.2, 0.25) is 10.0 Å². The Labute approximate surface area is 127 Å².